The zero-order valence-corrected chi connectivity index (χ0v) is 14.7. The van der Waals surface area contributed by atoms with Crippen LogP contribution in [0, 0.1) is 23.2 Å². The minimum absolute atomic E-state index is 0.0484. The van der Waals surface area contributed by atoms with Crippen LogP contribution in [-0.2, 0) is 16.6 Å². The number of aromatic nitrogens is 2. The average molecular weight is 344 g/mol. The topological polar surface area (TPSA) is 78.3 Å². The summed E-state index contributed by atoms with van der Waals surface area (Å²) in [5.74, 6) is 1.43. The third kappa shape index (κ3) is 2.81. The quantitative estimate of drug-likeness (QED) is 0.782. The van der Waals surface area contributed by atoms with Gasteiger partial charge in [-0.15, -0.1) is 0 Å². The van der Waals surface area contributed by atoms with Gasteiger partial charge in [0.05, 0.1) is 0 Å². The SMILES string of the molecule is CC(OC(=O)c1ccc(=O)n(C)n1)C(=O)C12CC3CC(CC(C3)C1)C2. The lowest BCUT2D eigenvalue weighted by Crippen LogP contribution is -2.52. The summed E-state index contributed by atoms with van der Waals surface area (Å²) < 4.78 is 6.50. The fourth-order valence-corrected chi connectivity index (χ4v) is 5.73. The Labute approximate surface area is 146 Å². The number of carbonyl (C=O) groups is 2. The van der Waals surface area contributed by atoms with Crippen molar-refractivity contribution in [3.8, 4) is 0 Å². The molecular formula is C19H24N2O4. The van der Waals surface area contributed by atoms with Gasteiger partial charge in [0.25, 0.3) is 5.56 Å². The van der Waals surface area contributed by atoms with E-state index >= 15 is 0 Å². The number of carbonyl (C=O) groups excluding carboxylic acids is 2. The van der Waals surface area contributed by atoms with Crippen LogP contribution in [0.5, 0.6) is 0 Å². The lowest BCUT2D eigenvalue weighted by Gasteiger charge is -2.56. The van der Waals surface area contributed by atoms with Crippen molar-refractivity contribution in [3.05, 3.63) is 28.2 Å². The van der Waals surface area contributed by atoms with Crippen molar-refractivity contribution in [1.29, 1.82) is 0 Å². The van der Waals surface area contributed by atoms with Crippen LogP contribution >= 0.6 is 0 Å². The van der Waals surface area contributed by atoms with Crippen molar-refractivity contribution in [2.24, 2.45) is 30.2 Å². The Morgan fingerprint density at radius 1 is 1.16 bits per heavy atom. The van der Waals surface area contributed by atoms with E-state index in [9.17, 15) is 14.4 Å². The molecule has 1 aromatic heterocycles. The molecule has 25 heavy (non-hydrogen) atoms. The average Bonchev–Trinajstić information content (AvgIpc) is 2.55. The van der Waals surface area contributed by atoms with Crippen LogP contribution in [0.15, 0.2) is 16.9 Å². The molecule has 6 heteroatoms. The zero-order chi connectivity index (χ0) is 17.8. The molecule has 0 spiro atoms. The number of esters is 1. The predicted molar refractivity (Wildman–Crippen MR) is 90.0 cm³/mol. The highest BCUT2D eigenvalue weighted by molar-refractivity contribution is 5.93. The van der Waals surface area contributed by atoms with E-state index in [0.29, 0.717) is 17.8 Å². The Balaban J connectivity index is 1.48. The van der Waals surface area contributed by atoms with Crippen molar-refractivity contribution in [1.82, 2.24) is 9.78 Å². The molecule has 4 fully saturated rings. The maximum Gasteiger partial charge on any atom is 0.359 e. The summed E-state index contributed by atoms with van der Waals surface area (Å²) in [6.07, 6.45) is 5.89. The highest BCUT2D eigenvalue weighted by Crippen LogP contribution is 2.60. The highest BCUT2D eigenvalue weighted by Gasteiger charge is 2.55. The molecular weight excluding hydrogens is 320 g/mol. The van der Waals surface area contributed by atoms with Gasteiger partial charge < -0.3 is 4.74 Å². The molecule has 0 N–H and O–H groups in total. The van der Waals surface area contributed by atoms with Gasteiger partial charge in [-0.05, 0) is 69.3 Å². The largest absolute Gasteiger partial charge is 0.450 e. The van der Waals surface area contributed by atoms with Crippen LogP contribution in [0.25, 0.3) is 0 Å². The van der Waals surface area contributed by atoms with Crippen molar-refractivity contribution in [2.75, 3.05) is 0 Å². The minimum atomic E-state index is -0.775. The van der Waals surface area contributed by atoms with Crippen LogP contribution in [0.2, 0.25) is 0 Å². The van der Waals surface area contributed by atoms with E-state index in [1.165, 1.54) is 38.4 Å². The first kappa shape index (κ1) is 16.5. The standard InChI is InChI=1S/C19H24N2O4/c1-11(25-18(24)15-3-4-16(22)21(2)20-15)17(23)19-8-12-5-13(9-19)7-14(6-12)10-19/h3-4,11-14H,5-10H2,1-2H3. The summed E-state index contributed by atoms with van der Waals surface area (Å²) in [5.41, 5.74) is -0.535. The molecule has 1 aromatic rings. The second-order valence-electron chi connectivity index (χ2n) is 8.29. The van der Waals surface area contributed by atoms with Gasteiger partial charge in [-0.3, -0.25) is 9.59 Å². The second-order valence-corrected chi connectivity index (χ2v) is 8.29. The Bertz CT molecular complexity index is 747. The fourth-order valence-electron chi connectivity index (χ4n) is 5.73. The molecule has 0 aromatic carbocycles. The van der Waals surface area contributed by atoms with Gasteiger partial charge in [-0.2, -0.15) is 5.10 Å². The first-order valence-electron chi connectivity index (χ1n) is 9.16. The van der Waals surface area contributed by atoms with Gasteiger partial charge in [0.1, 0.15) is 0 Å². The molecule has 1 atom stereocenters. The summed E-state index contributed by atoms with van der Waals surface area (Å²) in [6, 6.07) is 2.61. The van der Waals surface area contributed by atoms with E-state index in [2.05, 4.69) is 5.10 Å². The van der Waals surface area contributed by atoms with Crippen molar-refractivity contribution < 1.29 is 14.3 Å². The molecule has 4 saturated carbocycles. The first-order valence-corrected chi connectivity index (χ1v) is 9.16. The molecule has 0 radical (unpaired) electrons. The van der Waals surface area contributed by atoms with Crippen molar-refractivity contribution >= 4 is 11.8 Å². The maximum absolute atomic E-state index is 13.1. The Morgan fingerprint density at radius 3 is 2.24 bits per heavy atom. The van der Waals surface area contributed by atoms with Gasteiger partial charge in [0.15, 0.2) is 17.6 Å². The minimum Gasteiger partial charge on any atom is -0.450 e. The molecule has 134 valence electrons. The van der Waals surface area contributed by atoms with Gasteiger partial charge in [-0.1, -0.05) is 0 Å². The number of ketones is 1. The van der Waals surface area contributed by atoms with E-state index in [1.807, 2.05) is 0 Å². The number of hydrogen-bond donors (Lipinski definition) is 0. The highest BCUT2D eigenvalue weighted by atomic mass is 16.5. The molecule has 4 bridgehead atoms. The molecule has 0 aliphatic heterocycles. The fraction of sp³-hybridized carbons (Fsp3) is 0.684. The van der Waals surface area contributed by atoms with Crippen LogP contribution in [0.3, 0.4) is 0 Å². The molecule has 4 aliphatic carbocycles. The molecule has 0 amide bonds. The summed E-state index contributed by atoms with van der Waals surface area (Å²) >= 11 is 0. The van der Waals surface area contributed by atoms with Crippen LogP contribution in [0.4, 0.5) is 0 Å². The number of rotatable bonds is 4. The molecule has 1 heterocycles. The second kappa shape index (κ2) is 5.78. The molecule has 4 aliphatic rings. The molecule has 5 rings (SSSR count). The molecule has 6 nitrogen and oxygen atoms in total. The number of Topliss-reactive ketones (excluding diaryl/α,β-unsaturated/α-hetero) is 1. The summed E-state index contributed by atoms with van der Waals surface area (Å²) in [5, 5.41) is 3.90. The Kier molecular flexibility index (Phi) is 3.81. The number of ether oxygens (including phenoxy) is 1. The van der Waals surface area contributed by atoms with Gasteiger partial charge in [0.2, 0.25) is 0 Å². The summed E-state index contributed by atoms with van der Waals surface area (Å²) in [6.45, 7) is 1.67. The Hall–Kier alpha value is -1.98. The summed E-state index contributed by atoms with van der Waals surface area (Å²) in [4.78, 5) is 36.8. The third-order valence-electron chi connectivity index (χ3n) is 6.38. The van der Waals surface area contributed by atoms with Gasteiger partial charge in [-0.25, -0.2) is 9.48 Å². The number of hydrogen-bond acceptors (Lipinski definition) is 5. The van der Waals surface area contributed by atoms with Crippen LogP contribution < -0.4 is 5.56 Å². The molecule has 1 unspecified atom stereocenters. The maximum atomic E-state index is 13.1. The number of nitrogens with zero attached hydrogens (tertiary/aromatic N) is 2. The lowest BCUT2D eigenvalue weighted by molar-refractivity contribution is -0.152. The van der Waals surface area contributed by atoms with E-state index < -0.39 is 12.1 Å². The lowest BCUT2D eigenvalue weighted by atomic mass is 9.48. The third-order valence-corrected chi connectivity index (χ3v) is 6.38. The van der Waals surface area contributed by atoms with Crippen molar-refractivity contribution in [2.45, 2.75) is 51.6 Å². The van der Waals surface area contributed by atoms with E-state index in [0.717, 1.165) is 23.9 Å². The van der Waals surface area contributed by atoms with Crippen molar-refractivity contribution in [3.63, 3.8) is 0 Å². The first-order chi connectivity index (χ1) is 11.9. The number of aryl methyl sites for hydroxylation is 1. The van der Waals surface area contributed by atoms with Crippen LogP contribution in [0.1, 0.15) is 55.9 Å². The zero-order valence-electron chi connectivity index (χ0n) is 14.7. The predicted octanol–water partition coefficient (Wildman–Crippen LogP) is 2.11. The monoisotopic (exact) mass is 344 g/mol. The van der Waals surface area contributed by atoms with Gasteiger partial charge in [0, 0.05) is 18.5 Å². The molecule has 0 saturated heterocycles. The smallest absolute Gasteiger partial charge is 0.359 e. The van der Waals surface area contributed by atoms with Gasteiger partial charge >= 0.3 is 5.97 Å². The van der Waals surface area contributed by atoms with E-state index in [1.54, 1.807) is 6.92 Å². The normalized spacial score (nSPS) is 33.9. The Morgan fingerprint density at radius 2 is 1.72 bits per heavy atom. The van der Waals surface area contributed by atoms with E-state index in [4.69, 9.17) is 4.74 Å². The van der Waals surface area contributed by atoms with E-state index in [-0.39, 0.29) is 22.5 Å². The van der Waals surface area contributed by atoms with Crippen LogP contribution in [-0.4, -0.2) is 27.6 Å². The summed E-state index contributed by atoms with van der Waals surface area (Å²) in [7, 11) is 1.48.